The Kier molecular flexibility index (Phi) is 11.1. The predicted molar refractivity (Wildman–Crippen MR) is 209 cm³/mol. The Balaban J connectivity index is 0.870. The van der Waals surface area contributed by atoms with Gasteiger partial charge in [-0.2, -0.15) is 0 Å². The van der Waals surface area contributed by atoms with Crippen LogP contribution in [0, 0.1) is 19.7 Å². The van der Waals surface area contributed by atoms with Gasteiger partial charge in [0.25, 0.3) is 11.8 Å². The average Bonchev–Trinajstić information content (AvgIpc) is 3.17. The van der Waals surface area contributed by atoms with Crippen LogP contribution in [0.25, 0.3) is 22.3 Å². The molecule has 0 radical (unpaired) electrons. The first-order valence-corrected chi connectivity index (χ1v) is 18.7. The molecule has 7 rings (SSSR count). The van der Waals surface area contributed by atoms with Crippen LogP contribution in [-0.4, -0.2) is 64.9 Å². The number of carbonyl (C=O) groups is 2. The van der Waals surface area contributed by atoms with Crippen molar-refractivity contribution >= 4 is 29.2 Å². The summed E-state index contributed by atoms with van der Waals surface area (Å²) in [4.78, 5) is 40.3. The normalized spacial score (nSPS) is 15.7. The van der Waals surface area contributed by atoms with Gasteiger partial charge in [0.15, 0.2) is 0 Å². The minimum absolute atomic E-state index is 0.0369. The summed E-state index contributed by atoms with van der Waals surface area (Å²) in [7, 11) is 0. The van der Waals surface area contributed by atoms with Crippen molar-refractivity contribution in [3.8, 4) is 22.3 Å². The van der Waals surface area contributed by atoms with E-state index in [-0.39, 0.29) is 29.7 Å². The van der Waals surface area contributed by atoms with E-state index in [0.29, 0.717) is 27.3 Å². The fraction of sp³-hybridized carbons (Fsp3) is 0.302. The van der Waals surface area contributed by atoms with Gasteiger partial charge in [-0.15, -0.1) is 0 Å². The number of anilines is 1. The maximum atomic E-state index is 14.8. The molecule has 0 saturated carbocycles. The highest BCUT2D eigenvalue weighted by atomic mass is 35.5. The van der Waals surface area contributed by atoms with Crippen molar-refractivity contribution in [1.82, 2.24) is 25.5 Å². The van der Waals surface area contributed by atoms with Gasteiger partial charge in [0.2, 0.25) is 0 Å². The largest absolute Gasteiger partial charge is 0.356 e. The van der Waals surface area contributed by atoms with E-state index in [0.717, 1.165) is 92.0 Å². The van der Waals surface area contributed by atoms with E-state index in [9.17, 15) is 14.0 Å². The molecule has 2 fully saturated rings. The van der Waals surface area contributed by atoms with Gasteiger partial charge >= 0.3 is 0 Å². The van der Waals surface area contributed by atoms with E-state index in [4.69, 9.17) is 16.6 Å². The lowest BCUT2D eigenvalue weighted by molar-refractivity contribution is 0.0905. The van der Waals surface area contributed by atoms with Gasteiger partial charge in [-0.3, -0.25) is 19.5 Å². The number of hydrogen-bond donors (Lipinski definition) is 2. The Morgan fingerprint density at radius 1 is 0.736 bits per heavy atom. The number of aromatic nitrogens is 2. The van der Waals surface area contributed by atoms with Crippen LogP contribution in [0.2, 0.25) is 5.02 Å². The molecule has 3 aromatic carbocycles. The summed E-state index contributed by atoms with van der Waals surface area (Å²) in [5.41, 5.74) is 6.75. The second-order valence-electron chi connectivity index (χ2n) is 14.1. The Hall–Kier alpha value is -5.12. The average molecular weight is 731 g/mol. The van der Waals surface area contributed by atoms with Crippen molar-refractivity contribution in [2.24, 2.45) is 0 Å². The van der Waals surface area contributed by atoms with E-state index < -0.39 is 0 Å². The van der Waals surface area contributed by atoms with Crippen molar-refractivity contribution in [1.29, 1.82) is 0 Å². The van der Waals surface area contributed by atoms with Crippen molar-refractivity contribution < 1.29 is 14.0 Å². The van der Waals surface area contributed by atoms with Crippen LogP contribution < -0.4 is 15.5 Å². The highest BCUT2D eigenvalue weighted by molar-refractivity contribution is 6.33. The Morgan fingerprint density at radius 3 is 1.98 bits per heavy atom. The van der Waals surface area contributed by atoms with Crippen LogP contribution in [-0.2, 0) is 6.54 Å². The summed E-state index contributed by atoms with van der Waals surface area (Å²) in [5.74, 6) is 0.365. The molecule has 2 aliphatic rings. The minimum Gasteiger partial charge on any atom is -0.356 e. The number of nitrogens with one attached hydrogen (secondary N) is 2. The lowest BCUT2D eigenvalue weighted by Gasteiger charge is -2.34. The van der Waals surface area contributed by atoms with Gasteiger partial charge in [0, 0.05) is 96.2 Å². The SMILES string of the molecule is Cc1c(C(=O)NC2CCN(c3ccc(CN4CCC(NC(=O)c5ccc(Cl)c(-c6cccnc6)c5C)CC4)cn3)CC2)ccc(F)c1-c1ccccc1. The molecule has 0 unspecified atom stereocenters. The molecule has 0 spiro atoms. The Bertz CT molecular complexity index is 2060. The zero-order chi connectivity index (χ0) is 36.9. The van der Waals surface area contributed by atoms with Crippen molar-refractivity contribution in [2.45, 2.75) is 58.2 Å². The first-order valence-electron chi connectivity index (χ1n) is 18.3. The number of rotatable bonds is 9. The first kappa shape index (κ1) is 36.2. The van der Waals surface area contributed by atoms with Gasteiger partial charge in [-0.1, -0.05) is 54.1 Å². The molecular weight excluding hydrogens is 687 g/mol. The zero-order valence-corrected chi connectivity index (χ0v) is 30.9. The van der Waals surface area contributed by atoms with E-state index in [1.165, 1.54) is 6.07 Å². The highest BCUT2D eigenvalue weighted by Crippen LogP contribution is 2.33. The third kappa shape index (κ3) is 8.27. The van der Waals surface area contributed by atoms with Gasteiger partial charge in [0.05, 0.1) is 0 Å². The van der Waals surface area contributed by atoms with Gasteiger partial charge in [-0.05, 0) is 98.2 Å². The molecule has 2 amide bonds. The number of piperidine rings is 2. The molecule has 5 aromatic rings. The van der Waals surface area contributed by atoms with Crippen LogP contribution >= 0.6 is 11.6 Å². The molecule has 2 saturated heterocycles. The molecule has 2 N–H and O–H groups in total. The number of likely N-dealkylation sites (tertiary alicyclic amines) is 1. The van der Waals surface area contributed by atoms with Crippen LogP contribution in [0.4, 0.5) is 10.2 Å². The fourth-order valence-electron chi connectivity index (χ4n) is 7.64. The molecule has 8 nitrogen and oxygen atoms in total. The highest BCUT2D eigenvalue weighted by Gasteiger charge is 2.26. The third-order valence-corrected chi connectivity index (χ3v) is 10.9. The number of halogens is 2. The van der Waals surface area contributed by atoms with Crippen LogP contribution in [0.5, 0.6) is 0 Å². The summed E-state index contributed by atoms with van der Waals surface area (Å²) in [5, 5.41) is 7.05. The lowest BCUT2D eigenvalue weighted by atomic mass is 9.95. The van der Waals surface area contributed by atoms with Gasteiger partial charge in [-0.25, -0.2) is 9.37 Å². The van der Waals surface area contributed by atoms with Crippen LogP contribution in [0.15, 0.2) is 97.5 Å². The van der Waals surface area contributed by atoms with E-state index in [1.807, 2.05) is 62.5 Å². The number of benzene rings is 3. The van der Waals surface area contributed by atoms with Crippen molar-refractivity contribution in [2.75, 3.05) is 31.1 Å². The molecule has 53 heavy (non-hydrogen) atoms. The number of nitrogens with zero attached hydrogens (tertiary/aromatic N) is 4. The quantitative estimate of drug-likeness (QED) is 0.160. The molecule has 2 aromatic heterocycles. The van der Waals surface area contributed by atoms with Crippen LogP contribution in [0.3, 0.4) is 0 Å². The fourth-order valence-corrected chi connectivity index (χ4v) is 7.96. The first-order chi connectivity index (χ1) is 25.7. The number of amides is 2. The number of pyridine rings is 2. The van der Waals surface area contributed by atoms with Gasteiger partial charge < -0.3 is 15.5 Å². The number of carbonyl (C=O) groups excluding carboxylic acids is 2. The summed E-state index contributed by atoms with van der Waals surface area (Å²) >= 11 is 6.53. The van der Waals surface area contributed by atoms with Gasteiger partial charge in [0.1, 0.15) is 11.6 Å². The van der Waals surface area contributed by atoms with Crippen molar-refractivity contribution in [3.63, 3.8) is 0 Å². The Morgan fingerprint density at radius 2 is 1.36 bits per heavy atom. The smallest absolute Gasteiger partial charge is 0.251 e. The monoisotopic (exact) mass is 730 g/mol. The van der Waals surface area contributed by atoms with E-state index in [2.05, 4.69) is 37.6 Å². The predicted octanol–water partition coefficient (Wildman–Crippen LogP) is 8.01. The molecule has 0 atom stereocenters. The molecule has 2 aliphatic heterocycles. The molecule has 0 aliphatic carbocycles. The molecular formula is C43H44ClFN6O2. The van der Waals surface area contributed by atoms with Crippen molar-refractivity contribution in [3.05, 3.63) is 136 Å². The summed E-state index contributed by atoms with van der Waals surface area (Å²) in [6, 6.07) is 24.1. The molecule has 272 valence electrons. The zero-order valence-electron chi connectivity index (χ0n) is 30.1. The molecule has 0 bridgehead atoms. The second-order valence-corrected chi connectivity index (χ2v) is 14.5. The molecule has 4 heterocycles. The second kappa shape index (κ2) is 16.3. The van der Waals surface area contributed by atoms with E-state index >= 15 is 0 Å². The molecule has 10 heteroatoms. The van der Waals surface area contributed by atoms with Crippen LogP contribution in [0.1, 0.15) is 63.1 Å². The Labute approximate surface area is 315 Å². The number of hydrogen-bond acceptors (Lipinski definition) is 6. The standard InChI is InChI=1S/C43H44ClFN6O2/c1-28-35(11-13-37(44)40(28)32-9-6-20-46-26-32)42(52)48-33-16-21-50(22-17-33)27-30-10-15-39(47-25-30)51-23-18-34(19-24-51)49-43(53)36-12-14-38(45)41(29(36)2)31-7-4-3-5-8-31/h3-15,20,25-26,33-34H,16-19,21-24,27H2,1-2H3,(H,48,52)(H,49,53). The lowest BCUT2D eigenvalue weighted by Crippen LogP contribution is -2.45. The maximum absolute atomic E-state index is 14.8. The summed E-state index contributed by atoms with van der Waals surface area (Å²) < 4.78 is 14.8. The third-order valence-electron chi connectivity index (χ3n) is 10.6. The topological polar surface area (TPSA) is 90.5 Å². The summed E-state index contributed by atoms with van der Waals surface area (Å²) in [6.07, 6.45) is 8.80. The van der Waals surface area contributed by atoms with E-state index in [1.54, 1.807) is 30.6 Å². The summed E-state index contributed by atoms with van der Waals surface area (Å²) in [6.45, 7) is 7.90. The minimum atomic E-state index is -0.329. The maximum Gasteiger partial charge on any atom is 0.251 e.